The molecule has 1 N–H and O–H groups in total. The first kappa shape index (κ1) is 9.30. The number of aryl methyl sites for hydroxylation is 1. The average Bonchev–Trinajstić information content (AvgIpc) is 2.53. The summed E-state index contributed by atoms with van der Waals surface area (Å²) in [7, 11) is 0. The number of H-pyrrole nitrogens is 1. The lowest BCUT2D eigenvalue weighted by atomic mass is 10.0. The van der Waals surface area contributed by atoms with Crippen molar-refractivity contribution in [1.82, 2.24) is 4.98 Å². The number of aromatic amines is 1. The van der Waals surface area contributed by atoms with Gasteiger partial charge in [0.05, 0.1) is 6.54 Å². The van der Waals surface area contributed by atoms with Crippen molar-refractivity contribution in [2.24, 2.45) is 5.92 Å². The molecule has 68 valence electrons. The highest BCUT2D eigenvalue weighted by Gasteiger charge is 2.02. The molecule has 0 radical (unpaired) electrons. The van der Waals surface area contributed by atoms with Gasteiger partial charge in [-0.25, -0.2) is 4.57 Å². The van der Waals surface area contributed by atoms with Crippen LogP contribution in [0.1, 0.15) is 33.1 Å². The minimum atomic E-state index is 0.859. The molecule has 0 aliphatic heterocycles. The summed E-state index contributed by atoms with van der Waals surface area (Å²) in [6.45, 7) is 5.72. The highest BCUT2D eigenvalue weighted by Crippen LogP contribution is 2.08. The fraction of sp³-hybridized carbons (Fsp3) is 0.700. The van der Waals surface area contributed by atoms with E-state index in [-0.39, 0.29) is 0 Å². The van der Waals surface area contributed by atoms with Gasteiger partial charge in [-0.15, -0.1) is 0 Å². The van der Waals surface area contributed by atoms with Gasteiger partial charge in [0.15, 0.2) is 0 Å². The van der Waals surface area contributed by atoms with Crippen molar-refractivity contribution in [1.29, 1.82) is 0 Å². The van der Waals surface area contributed by atoms with E-state index in [4.69, 9.17) is 0 Å². The van der Waals surface area contributed by atoms with Crippen molar-refractivity contribution in [2.75, 3.05) is 0 Å². The average molecular weight is 167 g/mol. The molecule has 0 aromatic carbocycles. The van der Waals surface area contributed by atoms with Crippen LogP contribution in [0.15, 0.2) is 18.7 Å². The Morgan fingerprint density at radius 2 is 2.25 bits per heavy atom. The Balaban J connectivity index is 2.17. The number of nitrogens with one attached hydrogen (secondary N) is 1. The fourth-order valence-corrected chi connectivity index (χ4v) is 1.47. The standard InChI is InChI=1S/C10H18N2/c1-3-4-10(2)5-7-12-8-6-11-9-12/h6,8-10H,3-5,7H2,1-2H3/p+1. The maximum Gasteiger partial charge on any atom is 0.241 e. The number of aromatic nitrogens is 2. The zero-order valence-corrected chi connectivity index (χ0v) is 8.09. The number of nitrogens with zero attached hydrogens (tertiary/aromatic N) is 1. The van der Waals surface area contributed by atoms with E-state index in [0.29, 0.717) is 0 Å². The van der Waals surface area contributed by atoms with Crippen molar-refractivity contribution in [3.05, 3.63) is 18.7 Å². The van der Waals surface area contributed by atoms with Crippen molar-refractivity contribution in [3.8, 4) is 0 Å². The third-order valence-electron chi connectivity index (χ3n) is 2.26. The molecule has 0 aliphatic carbocycles. The lowest BCUT2D eigenvalue weighted by Crippen LogP contribution is -2.31. The van der Waals surface area contributed by atoms with Gasteiger partial charge in [0.25, 0.3) is 0 Å². The molecular weight excluding hydrogens is 148 g/mol. The molecule has 0 spiro atoms. The second-order valence-electron chi connectivity index (χ2n) is 3.53. The lowest BCUT2D eigenvalue weighted by Gasteiger charge is -2.06. The summed E-state index contributed by atoms with van der Waals surface area (Å²) in [4.78, 5) is 3.05. The highest BCUT2D eigenvalue weighted by atomic mass is 15.0. The molecule has 1 aromatic rings. The molecule has 0 amide bonds. The predicted octanol–water partition coefficient (Wildman–Crippen LogP) is 2.13. The first-order valence-corrected chi connectivity index (χ1v) is 4.84. The third kappa shape index (κ3) is 3.07. The lowest BCUT2D eigenvalue weighted by molar-refractivity contribution is -0.696. The fourth-order valence-electron chi connectivity index (χ4n) is 1.47. The Kier molecular flexibility index (Phi) is 3.85. The summed E-state index contributed by atoms with van der Waals surface area (Å²) in [5.74, 6) is 0.859. The normalized spacial score (nSPS) is 13.2. The molecular formula is C10H19N2+. The van der Waals surface area contributed by atoms with Crippen LogP contribution in [0.4, 0.5) is 0 Å². The Hall–Kier alpha value is -0.790. The third-order valence-corrected chi connectivity index (χ3v) is 2.26. The van der Waals surface area contributed by atoms with Gasteiger partial charge < -0.3 is 0 Å². The summed E-state index contributed by atoms with van der Waals surface area (Å²) in [6.07, 6.45) is 10.0. The Labute approximate surface area is 74.6 Å². The van der Waals surface area contributed by atoms with E-state index in [0.717, 1.165) is 12.5 Å². The molecule has 1 rings (SSSR count). The van der Waals surface area contributed by atoms with E-state index in [1.165, 1.54) is 19.3 Å². The van der Waals surface area contributed by atoms with E-state index in [1.54, 1.807) is 0 Å². The first-order chi connectivity index (χ1) is 5.83. The van der Waals surface area contributed by atoms with Crippen molar-refractivity contribution in [2.45, 2.75) is 39.7 Å². The van der Waals surface area contributed by atoms with E-state index in [1.807, 2.05) is 12.5 Å². The van der Waals surface area contributed by atoms with Gasteiger partial charge in [-0.3, -0.25) is 4.98 Å². The van der Waals surface area contributed by atoms with Crippen LogP contribution in [0.2, 0.25) is 0 Å². The SMILES string of the molecule is CCCC(C)CC[n+]1cc[nH]c1. The van der Waals surface area contributed by atoms with Crippen LogP contribution in [-0.4, -0.2) is 4.98 Å². The molecule has 1 unspecified atom stereocenters. The Bertz CT molecular complexity index is 192. The quantitative estimate of drug-likeness (QED) is 0.648. The van der Waals surface area contributed by atoms with E-state index >= 15 is 0 Å². The number of hydrogen-bond acceptors (Lipinski definition) is 0. The molecule has 1 atom stereocenters. The van der Waals surface area contributed by atoms with Crippen molar-refractivity contribution in [3.63, 3.8) is 0 Å². The summed E-state index contributed by atoms with van der Waals surface area (Å²) in [6, 6.07) is 0. The molecule has 1 aromatic heterocycles. The van der Waals surface area contributed by atoms with Gasteiger partial charge in [-0.2, -0.15) is 0 Å². The van der Waals surface area contributed by atoms with E-state index in [2.05, 4.69) is 29.6 Å². The predicted molar refractivity (Wildman–Crippen MR) is 49.7 cm³/mol. The largest absolute Gasteiger partial charge is 0.250 e. The number of rotatable bonds is 5. The number of imidazole rings is 1. The molecule has 0 saturated heterocycles. The summed E-state index contributed by atoms with van der Waals surface area (Å²) in [5.41, 5.74) is 0. The van der Waals surface area contributed by atoms with Crippen LogP contribution in [0, 0.1) is 5.92 Å². The maximum absolute atomic E-state index is 3.05. The summed E-state index contributed by atoms with van der Waals surface area (Å²) in [5, 5.41) is 0. The van der Waals surface area contributed by atoms with Crippen LogP contribution in [0.5, 0.6) is 0 Å². The molecule has 2 nitrogen and oxygen atoms in total. The molecule has 0 fully saturated rings. The van der Waals surface area contributed by atoms with Gasteiger partial charge in [0.1, 0.15) is 12.4 Å². The second-order valence-corrected chi connectivity index (χ2v) is 3.53. The van der Waals surface area contributed by atoms with Gasteiger partial charge in [-0.1, -0.05) is 26.7 Å². The van der Waals surface area contributed by atoms with Gasteiger partial charge in [0, 0.05) is 0 Å². The minimum Gasteiger partial charge on any atom is -0.250 e. The Morgan fingerprint density at radius 1 is 1.42 bits per heavy atom. The van der Waals surface area contributed by atoms with Crippen LogP contribution < -0.4 is 4.57 Å². The molecule has 12 heavy (non-hydrogen) atoms. The van der Waals surface area contributed by atoms with Crippen molar-refractivity contribution >= 4 is 0 Å². The Morgan fingerprint density at radius 3 is 2.83 bits per heavy atom. The van der Waals surface area contributed by atoms with Crippen LogP contribution >= 0.6 is 0 Å². The van der Waals surface area contributed by atoms with Crippen LogP contribution in [0.3, 0.4) is 0 Å². The van der Waals surface area contributed by atoms with Gasteiger partial charge >= 0.3 is 0 Å². The number of hydrogen-bond donors (Lipinski definition) is 1. The zero-order chi connectivity index (χ0) is 8.81. The molecule has 0 aliphatic rings. The van der Waals surface area contributed by atoms with E-state index < -0.39 is 0 Å². The summed E-state index contributed by atoms with van der Waals surface area (Å²) < 4.78 is 2.20. The van der Waals surface area contributed by atoms with Gasteiger partial charge in [0.2, 0.25) is 6.33 Å². The van der Waals surface area contributed by atoms with Crippen molar-refractivity contribution < 1.29 is 4.57 Å². The second kappa shape index (κ2) is 4.96. The monoisotopic (exact) mass is 167 g/mol. The molecule has 0 saturated carbocycles. The van der Waals surface area contributed by atoms with Crippen LogP contribution in [0.25, 0.3) is 0 Å². The van der Waals surface area contributed by atoms with E-state index in [9.17, 15) is 0 Å². The topological polar surface area (TPSA) is 19.7 Å². The maximum atomic E-state index is 3.05. The van der Waals surface area contributed by atoms with Gasteiger partial charge in [-0.05, 0) is 12.3 Å². The molecule has 0 bridgehead atoms. The zero-order valence-electron chi connectivity index (χ0n) is 8.09. The minimum absolute atomic E-state index is 0.859. The molecule has 1 heterocycles. The smallest absolute Gasteiger partial charge is 0.241 e. The first-order valence-electron chi connectivity index (χ1n) is 4.84. The summed E-state index contributed by atoms with van der Waals surface area (Å²) >= 11 is 0. The van der Waals surface area contributed by atoms with Crippen LogP contribution in [-0.2, 0) is 6.54 Å². The molecule has 2 heteroatoms. The highest BCUT2D eigenvalue weighted by molar-refractivity contribution is 4.56.